The van der Waals surface area contributed by atoms with Crippen LogP contribution in [0, 0.1) is 0 Å². The summed E-state index contributed by atoms with van der Waals surface area (Å²) >= 11 is 0. The fourth-order valence-corrected chi connectivity index (χ4v) is 3.78. The first-order chi connectivity index (χ1) is 14.3. The van der Waals surface area contributed by atoms with Crippen molar-refractivity contribution in [3.05, 3.63) is 84.6 Å². The van der Waals surface area contributed by atoms with Crippen molar-refractivity contribution in [1.29, 1.82) is 0 Å². The van der Waals surface area contributed by atoms with Gasteiger partial charge in [0.05, 0.1) is 0 Å². The standard InChI is InChI=1S/C23H25N5O/c29-23(25-20-11-5-2-6-12-20)22(19-9-3-1-4-10-19)28-16-8-15-27(17-18-28)21-13-7-14-24-26-21/h1-7,9-14,22H,8,15-18H2,(H,25,29)/t22-/m0/s1. The van der Waals surface area contributed by atoms with Gasteiger partial charge < -0.3 is 10.2 Å². The number of carbonyl (C=O) groups is 1. The van der Waals surface area contributed by atoms with E-state index in [2.05, 4.69) is 25.3 Å². The maximum Gasteiger partial charge on any atom is 0.246 e. The molecule has 1 atom stereocenters. The third-order valence-corrected chi connectivity index (χ3v) is 5.18. The van der Waals surface area contributed by atoms with Crippen molar-refractivity contribution >= 4 is 17.4 Å². The molecule has 4 rings (SSSR count). The minimum Gasteiger partial charge on any atom is -0.354 e. The van der Waals surface area contributed by atoms with Crippen LogP contribution in [0.2, 0.25) is 0 Å². The fraction of sp³-hybridized carbons (Fsp3) is 0.261. The molecule has 6 heteroatoms. The molecule has 0 aliphatic carbocycles. The molecule has 3 aromatic rings. The van der Waals surface area contributed by atoms with Gasteiger partial charge in [0.25, 0.3) is 0 Å². The van der Waals surface area contributed by atoms with E-state index >= 15 is 0 Å². The first-order valence-corrected chi connectivity index (χ1v) is 9.99. The lowest BCUT2D eigenvalue weighted by Gasteiger charge is -2.30. The molecule has 2 aromatic carbocycles. The molecule has 29 heavy (non-hydrogen) atoms. The van der Waals surface area contributed by atoms with Crippen molar-refractivity contribution in [3.8, 4) is 0 Å². The Morgan fingerprint density at radius 3 is 2.34 bits per heavy atom. The summed E-state index contributed by atoms with van der Waals surface area (Å²) in [4.78, 5) is 17.8. The second-order valence-corrected chi connectivity index (χ2v) is 7.13. The molecule has 1 amide bonds. The number of aromatic nitrogens is 2. The van der Waals surface area contributed by atoms with E-state index in [4.69, 9.17) is 0 Å². The van der Waals surface area contributed by atoms with Crippen LogP contribution in [0.4, 0.5) is 11.5 Å². The summed E-state index contributed by atoms with van der Waals surface area (Å²) in [6, 6.07) is 23.2. The number of amides is 1. The zero-order valence-corrected chi connectivity index (χ0v) is 16.3. The molecule has 148 valence electrons. The topological polar surface area (TPSA) is 61.4 Å². The summed E-state index contributed by atoms with van der Waals surface area (Å²) in [5.74, 6) is 0.884. The zero-order chi connectivity index (χ0) is 19.9. The normalized spacial score (nSPS) is 16.1. The molecule has 0 bridgehead atoms. The number of hydrogen-bond acceptors (Lipinski definition) is 5. The van der Waals surface area contributed by atoms with Crippen molar-refractivity contribution in [2.45, 2.75) is 12.5 Å². The highest BCUT2D eigenvalue weighted by Gasteiger charge is 2.29. The summed E-state index contributed by atoms with van der Waals surface area (Å²) in [6.07, 6.45) is 2.64. The number of hydrogen-bond donors (Lipinski definition) is 1. The third kappa shape index (κ3) is 4.78. The molecule has 1 N–H and O–H groups in total. The third-order valence-electron chi connectivity index (χ3n) is 5.18. The molecule has 6 nitrogen and oxygen atoms in total. The number of anilines is 2. The van der Waals surface area contributed by atoms with E-state index in [1.807, 2.05) is 72.8 Å². The Bertz CT molecular complexity index is 904. The molecule has 2 heterocycles. The van der Waals surface area contributed by atoms with Crippen LogP contribution in [0.5, 0.6) is 0 Å². The van der Waals surface area contributed by atoms with E-state index in [9.17, 15) is 4.79 Å². The lowest BCUT2D eigenvalue weighted by atomic mass is 10.0. The van der Waals surface area contributed by atoms with Crippen LogP contribution >= 0.6 is 0 Å². The van der Waals surface area contributed by atoms with Gasteiger partial charge in [0.15, 0.2) is 5.82 Å². The smallest absolute Gasteiger partial charge is 0.246 e. The number of nitrogens with zero attached hydrogens (tertiary/aromatic N) is 4. The van der Waals surface area contributed by atoms with Crippen LogP contribution in [0.3, 0.4) is 0 Å². The summed E-state index contributed by atoms with van der Waals surface area (Å²) in [7, 11) is 0. The highest BCUT2D eigenvalue weighted by molar-refractivity contribution is 5.95. The van der Waals surface area contributed by atoms with Crippen LogP contribution in [0.1, 0.15) is 18.0 Å². The van der Waals surface area contributed by atoms with Crippen LogP contribution < -0.4 is 10.2 Å². The van der Waals surface area contributed by atoms with Crippen molar-refractivity contribution in [3.63, 3.8) is 0 Å². The minimum absolute atomic E-state index is 0.00430. The van der Waals surface area contributed by atoms with Gasteiger partial charge in [-0.2, -0.15) is 5.10 Å². The van der Waals surface area contributed by atoms with Gasteiger partial charge in [-0.1, -0.05) is 48.5 Å². The number of carbonyl (C=O) groups excluding carboxylic acids is 1. The maximum absolute atomic E-state index is 13.3. The van der Waals surface area contributed by atoms with Gasteiger partial charge in [-0.3, -0.25) is 9.69 Å². The maximum atomic E-state index is 13.3. The van der Waals surface area contributed by atoms with Gasteiger partial charge in [0, 0.05) is 38.1 Å². The zero-order valence-electron chi connectivity index (χ0n) is 16.3. The molecular weight excluding hydrogens is 362 g/mol. The number of benzene rings is 2. The highest BCUT2D eigenvalue weighted by Crippen LogP contribution is 2.25. The summed E-state index contributed by atoms with van der Waals surface area (Å²) in [5, 5.41) is 11.3. The van der Waals surface area contributed by atoms with Crippen molar-refractivity contribution in [2.24, 2.45) is 0 Å². The first kappa shape index (κ1) is 19.1. The molecule has 1 aliphatic heterocycles. The van der Waals surface area contributed by atoms with Crippen LogP contribution in [-0.4, -0.2) is 47.2 Å². The molecule has 0 radical (unpaired) electrons. The predicted octanol–water partition coefficient (Wildman–Crippen LogP) is 3.37. The van der Waals surface area contributed by atoms with Crippen molar-refractivity contribution in [1.82, 2.24) is 15.1 Å². The van der Waals surface area contributed by atoms with Crippen molar-refractivity contribution in [2.75, 3.05) is 36.4 Å². The Labute approximate surface area is 171 Å². The van der Waals surface area contributed by atoms with Crippen LogP contribution in [0.15, 0.2) is 79.0 Å². The van der Waals surface area contributed by atoms with Gasteiger partial charge in [-0.25, -0.2) is 0 Å². The molecule has 0 unspecified atom stereocenters. The van der Waals surface area contributed by atoms with Gasteiger partial charge in [0.1, 0.15) is 6.04 Å². The van der Waals surface area contributed by atoms with E-state index < -0.39 is 0 Å². The van der Waals surface area contributed by atoms with E-state index in [0.29, 0.717) is 0 Å². The van der Waals surface area contributed by atoms with E-state index in [-0.39, 0.29) is 11.9 Å². The summed E-state index contributed by atoms with van der Waals surface area (Å²) in [5.41, 5.74) is 1.82. The van der Waals surface area contributed by atoms with Gasteiger partial charge in [-0.05, 0) is 36.2 Å². The SMILES string of the molecule is O=C(Nc1ccccc1)[C@H](c1ccccc1)N1CCCN(c2cccnn2)CC1. The number of para-hydroxylation sites is 1. The van der Waals surface area contributed by atoms with Gasteiger partial charge >= 0.3 is 0 Å². The Morgan fingerprint density at radius 1 is 0.862 bits per heavy atom. The second kappa shape index (κ2) is 9.30. The van der Waals surface area contributed by atoms with Gasteiger partial charge in [-0.15, -0.1) is 5.10 Å². The van der Waals surface area contributed by atoms with Crippen LogP contribution in [0.25, 0.3) is 0 Å². The summed E-state index contributed by atoms with van der Waals surface area (Å²) < 4.78 is 0. The molecule has 0 saturated carbocycles. The fourth-order valence-electron chi connectivity index (χ4n) is 3.78. The van der Waals surface area contributed by atoms with Crippen molar-refractivity contribution < 1.29 is 4.79 Å². The lowest BCUT2D eigenvalue weighted by molar-refractivity contribution is -0.121. The molecule has 1 saturated heterocycles. The lowest BCUT2D eigenvalue weighted by Crippen LogP contribution is -2.39. The number of rotatable bonds is 5. The molecular formula is C23H25N5O. The molecule has 1 aromatic heterocycles. The van der Waals surface area contributed by atoms with Crippen LogP contribution in [-0.2, 0) is 4.79 Å². The first-order valence-electron chi connectivity index (χ1n) is 9.99. The Hall–Kier alpha value is -3.25. The summed E-state index contributed by atoms with van der Waals surface area (Å²) in [6.45, 7) is 3.33. The molecule has 1 aliphatic rings. The molecule has 0 spiro atoms. The Kier molecular flexibility index (Phi) is 6.12. The minimum atomic E-state index is -0.335. The largest absolute Gasteiger partial charge is 0.354 e. The average Bonchev–Trinajstić information content (AvgIpc) is 3.02. The second-order valence-electron chi connectivity index (χ2n) is 7.13. The van der Waals surface area contributed by atoms with E-state index in [1.54, 1.807) is 6.20 Å². The highest BCUT2D eigenvalue weighted by atomic mass is 16.2. The van der Waals surface area contributed by atoms with E-state index in [1.165, 1.54) is 0 Å². The average molecular weight is 387 g/mol. The van der Waals surface area contributed by atoms with Gasteiger partial charge in [0.2, 0.25) is 5.91 Å². The molecule has 1 fully saturated rings. The Morgan fingerprint density at radius 2 is 1.62 bits per heavy atom. The monoisotopic (exact) mass is 387 g/mol. The predicted molar refractivity (Wildman–Crippen MR) is 115 cm³/mol. The Balaban J connectivity index is 1.54. The number of nitrogens with one attached hydrogen (secondary N) is 1. The van der Waals surface area contributed by atoms with E-state index in [0.717, 1.165) is 49.7 Å². The quantitative estimate of drug-likeness (QED) is 0.727.